The monoisotopic (exact) mass is 383 g/mol. The van der Waals surface area contributed by atoms with Crippen molar-refractivity contribution < 1.29 is 19.5 Å². The van der Waals surface area contributed by atoms with Crippen molar-refractivity contribution in [2.75, 3.05) is 24.5 Å². The summed E-state index contributed by atoms with van der Waals surface area (Å²) in [7, 11) is 0. The van der Waals surface area contributed by atoms with Crippen LogP contribution >= 0.6 is 0 Å². The summed E-state index contributed by atoms with van der Waals surface area (Å²) < 4.78 is 1.85. The van der Waals surface area contributed by atoms with Gasteiger partial charge in [0.2, 0.25) is 11.8 Å². The first-order valence-corrected chi connectivity index (χ1v) is 9.16. The average Bonchev–Trinajstić information content (AvgIpc) is 3.20. The zero-order chi connectivity index (χ0) is 19.8. The van der Waals surface area contributed by atoms with Crippen LogP contribution in [0, 0.1) is 5.92 Å². The van der Waals surface area contributed by atoms with Crippen molar-refractivity contribution in [3.8, 4) is 5.75 Å². The van der Waals surface area contributed by atoms with Crippen LogP contribution in [0.15, 0.2) is 30.5 Å². The largest absolute Gasteiger partial charge is 0.508 e. The van der Waals surface area contributed by atoms with E-state index < -0.39 is 11.8 Å². The molecule has 1 aromatic carbocycles. The number of aromatic nitrogens is 2. The van der Waals surface area contributed by atoms with Gasteiger partial charge in [-0.2, -0.15) is 0 Å². The van der Waals surface area contributed by atoms with Gasteiger partial charge in [-0.3, -0.25) is 14.4 Å². The summed E-state index contributed by atoms with van der Waals surface area (Å²) in [4.78, 5) is 44.2. The SMILES string of the molecule is NC(=O)c1cn2c(n1)CCN(C(=O)C1CC(=O)N(c3cccc(O)c3)C1)CC2. The molecule has 2 aliphatic heterocycles. The van der Waals surface area contributed by atoms with Crippen LogP contribution < -0.4 is 10.6 Å². The number of imidazole rings is 1. The minimum Gasteiger partial charge on any atom is -0.508 e. The minimum absolute atomic E-state index is 0.0584. The van der Waals surface area contributed by atoms with Crippen molar-refractivity contribution in [3.05, 3.63) is 42.0 Å². The number of anilines is 1. The fourth-order valence-electron chi connectivity index (χ4n) is 3.80. The number of aromatic hydroxyl groups is 1. The third-order valence-electron chi connectivity index (χ3n) is 5.26. The lowest BCUT2D eigenvalue weighted by Crippen LogP contribution is -2.39. The van der Waals surface area contributed by atoms with Gasteiger partial charge in [0.1, 0.15) is 17.3 Å². The van der Waals surface area contributed by atoms with Gasteiger partial charge in [0.05, 0.1) is 5.92 Å². The Bertz CT molecular complexity index is 928. The van der Waals surface area contributed by atoms with Gasteiger partial charge < -0.3 is 25.2 Å². The fraction of sp³-hybridized carbons (Fsp3) is 0.368. The van der Waals surface area contributed by atoms with Crippen molar-refractivity contribution in [2.45, 2.75) is 19.4 Å². The highest BCUT2D eigenvalue weighted by molar-refractivity contribution is 6.00. The van der Waals surface area contributed by atoms with Crippen LogP contribution in [0.1, 0.15) is 22.7 Å². The molecule has 1 aromatic heterocycles. The number of rotatable bonds is 3. The van der Waals surface area contributed by atoms with E-state index in [1.807, 2.05) is 4.57 Å². The third-order valence-corrected chi connectivity index (χ3v) is 5.26. The summed E-state index contributed by atoms with van der Waals surface area (Å²) in [5.74, 6) is -0.355. The van der Waals surface area contributed by atoms with E-state index in [2.05, 4.69) is 4.98 Å². The highest BCUT2D eigenvalue weighted by Crippen LogP contribution is 2.28. The fourth-order valence-corrected chi connectivity index (χ4v) is 3.80. The molecule has 1 atom stereocenters. The summed E-state index contributed by atoms with van der Waals surface area (Å²) in [6.07, 6.45) is 2.30. The lowest BCUT2D eigenvalue weighted by Gasteiger charge is -2.23. The van der Waals surface area contributed by atoms with Crippen LogP contribution in [0.2, 0.25) is 0 Å². The Labute approximate surface area is 161 Å². The number of phenols is 1. The maximum absolute atomic E-state index is 13.0. The molecule has 1 saturated heterocycles. The molecule has 2 aromatic rings. The summed E-state index contributed by atoms with van der Waals surface area (Å²) >= 11 is 0. The molecule has 0 aliphatic carbocycles. The first-order chi connectivity index (χ1) is 13.4. The van der Waals surface area contributed by atoms with E-state index in [-0.39, 0.29) is 29.7 Å². The van der Waals surface area contributed by atoms with Crippen LogP contribution in [0.5, 0.6) is 5.75 Å². The van der Waals surface area contributed by atoms with E-state index in [9.17, 15) is 19.5 Å². The molecule has 28 heavy (non-hydrogen) atoms. The van der Waals surface area contributed by atoms with Crippen molar-refractivity contribution in [1.29, 1.82) is 0 Å². The number of fused-ring (bicyclic) bond motifs is 1. The smallest absolute Gasteiger partial charge is 0.268 e. The normalized spacial score (nSPS) is 19.4. The zero-order valence-electron chi connectivity index (χ0n) is 15.2. The Morgan fingerprint density at radius 2 is 2.04 bits per heavy atom. The lowest BCUT2D eigenvalue weighted by molar-refractivity contribution is -0.135. The zero-order valence-corrected chi connectivity index (χ0v) is 15.2. The molecule has 1 unspecified atom stereocenters. The summed E-state index contributed by atoms with van der Waals surface area (Å²) in [6.45, 7) is 1.79. The van der Waals surface area contributed by atoms with Crippen molar-refractivity contribution in [3.63, 3.8) is 0 Å². The summed E-state index contributed by atoms with van der Waals surface area (Å²) in [6, 6.07) is 6.47. The Morgan fingerprint density at radius 3 is 2.79 bits per heavy atom. The molecule has 3 amide bonds. The second-order valence-electron chi connectivity index (χ2n) is 7.10. The van der Waals surface area contributed by atoms with Gasteiger partial charge in [0.25, 0.3) is 5.91 Å². The molecule has 0 bridgehead atoms. The van der Waals surface area contributed by atoms with Crippen LogP contribution in [0.25, 0.3) is 0 Å². The van der Waals surface area contributed by atoms with Crippen molar-refractivity contribution in [1.82, 2.24) is 14.5 Å². The van der Waals surface area contributed by atoms with E-state index in [1.165, 1.54) is 12.1 Å². The van der Waals surface area contributed by atoms with E-state index in [4.69, 9.17) is 5.73 Å². The van der Waals surface area contributed by atoms with Gasteiger partial charge in [0.15, 0.2) is 0 Å². The van der Waals surface area contributed by atoms with Crippen molar-refractivity contribution >= 4 is 23.4 Å². The topological polar surface area (TPSA) is 122 Å². The number of hydrogen-bond acceptors (Lipinski definition) is 5. The number of nitrogens with two attached hydrogens (primary N) is 1. The van der Waals surface area contributed by atoms with E-state index in [1.54, 1.807) is 28.1 Å². The Balaban J connectivity index is 1.43. The molecule has 0 saturated carbocycles. The molecule has 1 fully saturated rings. The molecule has 2 aliphatic rings. The van der Waals surface area contributed by atoms with E-state index in [0.29, 0.717) is 38.3 Å². The second kappa shape index (κ2) is 6.99. The summed E-state index contributed by atoms with van der Waals surface area (Å²) in [5, 5.41) is 9.64. The predicted octanol–water partition coefficient (Wildman–Crippen LogP) is 0.125. The van der Waals surface area contributed by atoms with E-state index in [0.717, 1.165) is 5.82 Å². The molecular weight excluding hydrogens is 362 g/mol. The number of hydrogen-bond donors (Lipinski definition) is 2. The first kappa shape index (κ1) is 18.0. The molecular formula is C19H21N5O4. The van der Waals surface area contributed by atoms with Gasteiger partial charge in [-0.1, -0.05) is 6.07 Å². The van der Waals surface area contributed by atoms with Gasteiger partial charge in [-0.15, -0.1) is 0 Å². The molecule has 146 valence electrons. The number of amides is 3. The van der Waals surface area contributed by atoms with Crippen LogP contribution in [0.4, 0.5) is 5.69 Å². The van der Waals surface area contributed by atoms with E-state index >= 15 is 0 Å². The van der Waals surface area contributed by atoms with Crippen molar-refractivity contribution in [2.24, 2.45) is 11.7 Å². The molecule has 9 heteroatoms. The number of benzene rings is 1. The summed E-state index contributed by atoms with van der Waals surface area (Å²) in [5.41, 5.74) is 6.10. The highest BCUT2D eigenvalue weighted by Gasteiger charge is 2.37. The maximum Gasteiger partial charge on any atom is 0.268 e. The number of nitrogens with zero attached hydrogens (tertiary/aromatic N) is 4. The lowest BCUT2D eigenvalue weighted by atomic mass is 10.1. The van der Waals surface area contributed by atoms with Crippen LogP contribution in [-0.4, -0.2) is 56.9 Å². The molecule has 3 N–H and O–H groups in total. The number of primary amides is 1. The molecule has 0 spiro atoms. The van der Waals surface area contributed by atoms with Crippen LogP contribution in [-0.2, 0) is 22.6 Å². The Hall–Kier alpha value is -3.36. The first-order valence-electron chi connectivity index (χ1n) is 9.16. The minimum atomic E-state index is -0.565. The van der Waals surface area contributed by atoms with Crippen LogP contribution in [0.3, 0.4) is 0 Å². The quantitative estimate of drug-likeness (QED) is 0.780. The number of carbonyl (C=O) groups is 3. The molecule has 4 rings (SSSR count). The maximum atomic E-state index is 13.0. The Kier molecular flexibility index (Phi) is 4.50. The van der Waals surface area contributed by atoms with Gasteiger partial charge in [0, 0.05) is 57.0 Å². The molecule has 3 heterocycles. The third kappa shape index (κ3) is 3.30. The second-order valence-corrected chi connectivity index (χ2v) is 7.10. The molecule has 0 radical (unpaired) electrons. The molecule has 9 nitrogen and oxygen atoms in total. The average molecular weight is 383 g/mol. The Morgan fingerprint density at radius 1 is 1.21 bits per heavy atom. The highest BCUT2D eigenvalue weighted by atomic mass is 16.3. The van der Waals surface area contributed by atoms with Gasteiger partial charge in [-0.25, -0.2) is 4.98 Å². The standard InChI is InChI=1S/C19H21N5O4/c20-18(27)15-11-23-7-6-22(5-4-16(23)21-15)19(28)12-8-17(26)24(10-12)13-2-1-3-14(25)9-13/h1-3,9,11-12,25H,4-8,10H2,(H2,20,27). The van der Waals surface area contributed by atoms with Gasteiger partial charge in [-0.05, 0) is 12.1 Å². The number of phenolic OH excluding ortho intramolecular Hbond substituents is 1. The van der Waals surface area contributed by atoms with Gasteiger partial charge >= 0.3 is 0 Å². The predicted molar refractivity (Wildman–Crippen MR) is 99.6 cm³/mol. The number of carbonyl (C=O) groups excluding carboxylic acids is 3.